The van der Waals surface area contributed by atoms with Gasteiger partial charge in [-0.25, -0.2) is 4.98 Å². The average Bonchev–Trinajstić information content (AvgIpc) is 3.27. The van der Waals surface area contributed by atoms with Crippen LogP contribution in [0.5, 0.6) is 0 Å². The molecule has 0 unspecified atom stereocenters. The zero-order valence-corrected chi connectivity index (χ0v) is 14.8. The summed E-state index contributed by atoms with van der Waals surface area (Å²) in [6.07, 6.45) is 8.04. The Kier molecular flexibility index (Phi) is 5.56. The van der Waals surface area contributed by atoms with Crippen molar-refractivity contribution >= 4 is 38.8 Å². The summed E-state index contributed by atoms with van der Waals surface area (Å²) in [4.78, 5) is 16.6. The normalized spacial score (nSPS) is 15.0. The van der Waals surface area contributed by atoms with Gasteiger partial charge >= 0.3 is 0 Å². The molecule has 2 N–H and O–H groups in total. The second kappa shape index (κ2) is 7.83. The van der Waals surface area contributed by atoms with Crippen LogP contribution in [0.2, 0.25) is 0 Å². The van der Waals surface area contributed by atoms with E-state index in [2.05, 4.69) is 32.7 Å². The zero-order chi connectivity index (χ0) is 16.1. The van der Waals surface area contributed by atoms with Gasteiger partial charge in [0.1, 0.15) is 10.7 Å². The van der Waals surface area contributed by atoms with Gasteiger partial charge in [-0.2, -0.15) is 0 Å². The van der Waals surface area contributed by atoms with Crippen molar-refractivity contribution in [3.05, 3.63) is 16.1 Å². The Labute approximate surface area is 143 Å². The van der Waals surface area contributed by atoms with Crippen molar-refractivity contribution in [1.82, 2.24) is 15.2 Å². The van der Waals surface area contributed by atoms with Crippen molar-refractivity contribution in [3.8, 4) is 0 Å². The van der Waals surface area contributed by atoms with Crippen molar-refractivity contribution in [1.29, 1.82) is 0 Å². The van der Waals surface area contributed by atoms with Crippen molar-refractivity contribution in [2.75, 3.05) is 10.6 Å². The van der Waals surface area contributed by atoms with Gasteiger partial charge in [0.05, 0.1) is 0 Å². The molecule has 1 aliphatic rings. The summed E-state index contributed by atoms with van der Waals surface area (Å²) < 4.78 is 0. The number of hydrogen-bond donors (Lipinski definition) is 2. The maximum absolute atomic E-state index is 12.2. The molecular formula is C15H21N5OS2. The minimum absolute atomic E-state index is 0.223. The van der Waals surface area contributed by atoms with Crippen LogP contribution in [0.1, 0.15) is 60.9 Å². The first-order chi connectivity index (χ1) is 11.2. The number of anilines is 2. The standard InChI is InChI=1S/C15H21N5OS2/c1-2-3-8-12-19-20-15(23-12)18-13(21)11-9-22-14(17-11)16-10-6-4-5-7-10/h9-10H,2-8H2,1H3,(H,16,17)(H,18,20,21). The number of rotatable bonds is 7. The molecule has 1 amide bonds. The largest absolute Gasteiger partial charge is 0.359 e. The molecule has 2 heterocycles. The number of aryl methyl sites for hydroxylation is 1. The van der Waals surface area contributed by atoms with Gasteiger partial charge in [-0.3, -0.25) is 10.1 Å². The fourth-order valence-electron chi connectivity index (χ4n) is 2.58. The van der Waals surface area contributed by atoms with Crippen molar-refractivity contribution in [2.45, 2.75) is 57.9 Å². The van der Waals surface area contributed by atoms with Crippen LogP contribution in [0.4, 0.5) is 10.3 Å². The molecule has 2 aromatic heterocycles. The van der Waals surface area contributed by atoms with E-state index in [-0.39, 0.29) is 5.91 Å². The number of carbonyl (C=O) groups excluding carboxylic acids is 1. The van der Waals surface area contributed by atoms with Crippen LogP contribution < -0.4 is 10.6 Å². The Balaban J connectivity index is 1.55. The predicted molar refractivity (Wildman–Crippen MR) is 94.5 cm³/mol. The number of unbranched alkanes of at least 4 members (excludes halogenated alkanes) is 1. The molecule has 6 nitrogen and oxygen atoms in total. The summed E-state index contributed by atoms with van der Waals surface area (Å²) >= 11 is 2.91. The first kappa shape index (κ1) is 16.3. The first-order valence-electron chi connectivity index (χ1n) is 8.10. The van der Waals surface area contributed by atoms with Gasteiger partial charge in [0.25, 0.3) is 5.91 Å². The third kappa shape index (κ3) is 4.48. The predicted octanol–water partition coefficient (Wildman–Crippen LogP) is 3.94. The van der Waals surface area contributed by atoms with E-state index in [4.69, 9.17) is 0 Å². The molecule has 2 aromatic rings. The quantitative estimate of drug-likeness (QED) is 0.790. The number of carbonyl (C=O) groups is 1. The number of hydrogen-bond acceptors (Lipinski definition) is 7. The molecular weight excluding hydrogens is 330 g/mol. The van der Waals surface area contributed by atoms with E-state index >= 15 is 0 Å². The van der Waals surface area contributed by atoms with E-state index < -0.39 is 0 Å². The van der Waals surface area contributed by atoms with Crippen LogP contribution in [0, 0.1) is 0 Å². The van der Waals surface area contributed by atoms with E-state index in [0.29, 0.717) is 16.9 Å². The van der Waals surface area contributed by atoms with Crippen LogP contribution in [-0.4, -0.2) is 27.1 Å². The maximum Gasteiger partial charge on any atom is 0.277 e. The highest BCUT2D eigenvalue weighted by Gasteiger charge is 2.18. The maximum atomic E-state index is 12.2. The van der Waals surface area contributed by atoms with Gasteiger partial charge in [0.15, 0.2) is 5.13 Å². The Morgan fingerprint density at radius 3 is 2.91 bits per heavy atom. The van der Waals surface area contributed by atoms with Crippen LogP contribution >= 0.6 is 22.7 Å². The summed E-state index contributed by atoms with van der Waals surface area (Å²) in [7, 11) is 0. The van der Waals surface area contributed by atoms with Crippen LogP contribution in [0.15, 0.2) is 5.38 Å². The highest BCUT2D eigenvalue weighted by molar-refractivity contribution is 7.15. The summed E-state index contributed by atoms with van der Waals surface area (Å²) in [6, 6.07) is 0.501. The lowest BCUT2D eigenvalue weighted by Crippen LogP contribution is -2.15. The lowest BCUT2D eigenvalue weighted by atomic mass is 10.3. The Morgan fingerprint density at radius 2 is 2.13 bits per heavy atom. The Morgan fingerprint density at radius 1 is 1.30 bits per heavy atom. The van der Waals surface area contributed by atoms with E-state index in [1.807, 2.05) is 0 Å². The van der Waals surface area contributed by atoms with E-state index in [1.54, 1.807) is 5.38 Å². The summed E-state index contributed by atoms with van der Waals surface area (Å²) in [6.45, 7) is 2.14. The fourth-order valence-corrected chi connectivity index (χ4v) is 4.13. The van der Waals surface area contributed by atoms with Gasteiger partial charge in [-0.05, 0) is 19.3 Å². The van der Waals surface area contributed by atoms with Gasteiger partial charge in [0.2, 0.25) is 5.13 Å². The van der Waals surface area contributed by atoms with Gasteiger partial charge in [-0.1, -0.05) is 37.5 Å². The summed E-state index contributed by atoms with van der Waals surface area (Å²) in [5.41, 5.74) is 0.431. The fraction of sp³-hybridized carbons (Fsp3) is 0.600. The third-order valence-corrected chi connectivity index (χ3v) is 5.52. The molecule has 8 heteroatoms. The number of thiazole rings is 1. The number of nitrogens with zero attached hydrogens (tertiary/aromatic N) is 3. The molecule has 0 bridgehead atoms. The molecule has 0 aromatic carbocycles. The minimum Gasteiger partial charge on any atom is -0.359 e. The van der Waals surface area contributed by atoms with Gasteiger partial charge in [0, 0.05) is 17.8 Å². The molecule has 124 valence electrons. The molecule has 23 heavy (non-hydrogen) atoms. The van der Waals surface area contributed by atoms with E-state index in [0.717, 1.165) is 29.4 Å². The molecule has 0 saturated heterocycles. The van der Waals surface area contributed by atoms with Crippen LogP contribution in [-0.2, 0) is 6.42 Å². The average molecular weight is 352 g/mol. The SMILES string of the molecule is CCCCc1nnc(NC(=O)c2csc(NC3CCCC3)n2)s1. The molecule has 1 saturated carbocycles. The molecule has 0 atom stereocenters. The molecule has 1 fully saturated rings. The lowest BCUT2D eigenvalue weighted by molar-refractivity contribution is 0.102. The van der Waals surface area contributed by atoms with Gasteiger partial charge < -0.3 is 5.32 Å². The molecule has 0 aliphatic heterocycles. The Hall–Kier alpha value is -1.54. The lowest BCUT2D eigenvalue weighted by Gasteiger charge is -2.09. The van der Waals surface area contributed by atoms with Crippen molar-refractivity contribution in [3.63, 3.8) is 0 Å². The number of nitrogens with one attached hydrogen (secondary N) is 2. The Bertz CT molecular complexity index is 648. The van der Waals surface area contributed by atoms with Crippen LogP contribution in [0.25, 0.3) is 0 Å². The molecule has 0 spiro atoms. The molecule has 1 aliphatic carbocycles. The number of amides is 1. The van der Waals surface area contributed by atoms with E-state index in [1.165, 1.54) is 48.4 Å². The number of aromatic nitrogens is 3. The molecule has 0 radical (unpaired) electrons. The first-order valence-corrected chi connectivity index (χ1v) is 9.80. The smallest absolute Gasteiger partial charge is 0.277 e. The summed E-state index contributed by atoms with van der Waals surface area (Å²) in [5.74, 6) is -0.223. The topological polar surface area (TPSA) is 79.8 Å². The van der Waals surface area contributed by atoms with Crippen LogP contribution in [0.3, 0.4) is 0 Å². The summed E-state index contributed by atoms with van der Waals surface area (Å²) in [5, 5.41) is 18.4. The van der Waals surface area contributed by atoms with Crippen molar-refractivity contribution in [2.24, 2.45) is 0 Å². The van der Waals surface area contributed by atoms with Crippen molar-refractivity contribution < 1.29 is 4.79 Å². The van der Waals surface area contributed by atoms with E-state index in [9.17, 15) is 4.79 Å². The second-order valence-corrected chi connectivity index (χ2v) is 7.64. The van der Waals surface area contributed by atoms with Gasteiger partial charge in [-0.15, -0.1) is 21.5 Å². The zero-order valence-electron chi connectivity index (χ0n) is 13.2. The minimum atomic E-state index is -0.223. The molecule has 3 rings (SSSR count). The third-order valence-electron chi connectivity index (χ3n) is 3.85. The highest BCUT2D eigenvalue weighted by Crippen LogP contribution is 2.25. The highest BCUT2D eigenvalue weighted by atomic mass is 32.1. The monoisotopic (exact) mass is 351 g/mol. The second-order valence-electron chi connectivity index (χ2n) is 5.72.